The highest BCUT2D eigenvalue weighted by Gasteiger charge is 2.23. The molecule has 7 nitrogen and oxygen atoms in total. The van der Waals surface area contributed by atoms with Gasteiger partial charge in [0.15, 0.2) is 4.60 Å². The average Bonchev–Trinajstić information content (AvgIpc) is 2.70. The van der Waals surface area contributed by atoms with Crippen LogP contribution >= 0.6 is 15.9 Å². The Labute approximate surface area is 125 Å². The first-order chi connectivity index (χ1) is 9.44. The third-order valence-electron chi connectivity index (χ3n) is 2.48. The van der Waals surface area contributed by atoms with Gasteiger partial charge in [-0.15, -0.1) is 5.10 Å². The summed E-state index contributed by atoms with van der Waals surface area (Å²) in [6, 6.07) is 6.97. The molecule has 9 heteroatoms. The summed E-state index contributed by atoms with van der Waals surface area (Å²) in [6.07, 6.45) is 0. The fourth-order valence-corrected chi connectivity index (χ4v) is 3.85. The first-order valence-electron chi connectivity index (χ1n) is 5.60. The smallest absolute Gasteiger partial charge is 0.281 e. The first kappa shape index (κ1) is 14.9. The van der Waals surface area contributed by atoms with Gasteiger partial charge in [0.05, 0.1) is 6.61 Å². The predicted octanol–water partition coefficient (Wildman–Crippen LogP) is 1.52. The van der Waals surface area contributed by atoms with E-state index in [1.807, 2.05) is 6.07 Å². The van der Waals surface area contributed by atoms with Gasteiger partial charge in [-0.25, -0.2) is 4.68 Å². The van der Waals surface area contributed by atoms with Crippen molar-refractivity contribution < 1.29 is 13.2 Å². The highest BCUT2D eigenvalue weighted by Crippen LogP contribution is 2.22. The number of sulfonamides is 1. The minimum Gasteiger partial charge on any atom is -0.380 e. The molecule has 20 heavy (non-hydrogen) atoms. The van der Waals surface area contributed by atoms with Gasteiger partial charge in [-0.3, -0.25) is 4.72 Å². The fourth-order valence-electron chi connectivity index (χ4n) is 1.70. The highest BCUT2D eigenvalue weighted by molar-refractivity contribution is 9.10. The van der Waals surface area contributed by atoms with Crippen LogP contribution in [-0.2, 0) is 28.4 Å². The number of nitrogens with zero attached hydrogens (tertiary/aromatic N) is 3. The van der Waals surface area contributed by atoms with Crippen LogP contribution in [0.15, 0.2) is 33.9 Å². The Bertz CT molecular complexity index is 695. The van der Waals surface area contributed by atoms with E-state index in [0.29, 0.717) is 12.3 Å². The first-order valence-corrected chi connectivity index (χ1v) is 7.87. The molecule has 0 saturated carbocycles. The van der Waals surface area contributed by atoms with Crippen molar-refractivity contribution in [2.24, 2.45) is 7.05 Å². The molecule has 1 N–H and O–H groups in total. The number of methoxy groups -OCH3 is 1. The number of hydrogen-bond acceptors (Lipinski definition) is 5. The van der Waals surface area contributed by atoms with Crippen molar-refractivity contribution in [2.75, 3.05) is 11.8 Å². The Balaban J connectivity index is 2.31. The number of aromatic nitrogens is 3. The molecule has 0 radical (unpaired) electrons. The van der Waals surface area contributed by atoms with Gasteiger partial charge in [0, 0.05) is 19.8 Å². The minimum atomic E-state index is -3.76. The molecule has 0 saturated heterocycles. The molecule has 1 aromatic carbocycles. The Hall–Kier alpha value is -1.45. The molecule has 0 bridgehead atoms. The molecule has 0 aliphatic heterocycles. The molecular formula is C11H13BrN4O3S. The molecule has 0 amide bonds. The summed E-state index contributed by atoms with van der Waals surface area (Å²) in [5.41, 5.74) is 1.32. The van der Waals surface area contributed by atoms with E-state index >= 15 is 0 Å². The lowest BCUT2D eigenvalue weighted by atomic mass is 10.2. The summed E-state index contributed by atoms with van der Waals surface area (Å²) in [7, 11) is -0.677. The second-order valence-corrected chi connectivity index (χ2v) is 6.40. The fraction of sp³-hybridized carbons (Fsp3) is 0.273. The van der Waals surface area contributed by atoms with Crippen LogP contribution in [0.4, 0.5) is 5.69 Å². The van der Waals surface area contributed by atoms with E-state index in [9.17, 15) is 8.42 Å². The highest BCUT2D eigenvalue weighted by atomic mass is 79.9. The van der Waals surface area contributed by atoms with Crippen molar-refractivity contribution in [1.29, 1.82) is 0 Å². The van der Waals surface area contributed by atoms with E-state index in [4.69, 9.17) is 4.74 Å². The maximum atomic E-state index is 12.3. The van der Waals surface area contributed by atoms with Crippen molar-refractivity contribution in [1.82, 2.24) is 15.0 Å². The summed E-state index contributed by atoms with van der Waals surface area (Å²) in [5, 5.41) is 7.28. The van der Waals surface area contributed by atoms with Crippen LogP contribution in [0.5, 0.6) is 0 Å². The van der Waals surface area contributed by atoms with E-state index < -0.39 is 10.0 Å². The molecule has 0 fully saturated rings. The van der Waals surface area contributed by atoms with Gasteiger partial charge in [0.25, 0.3) is 10.0 Å². The molecule has 0 aliphatic carbocycles. The monoisotopic (exact) mass is 360 g/mol. The summed E-state index contributed by atoms with van der Waals surface area (Å²) in [6.45, 7) is 0.409. The van der Waals surface area contributed by atoms with Gasteiger partial charge >= 0.3 is 0 Å². The lowest BCUT2D eigenvalue weighted by Gasteiger charge is -2.09. The second-order valence-electron chi connectivity index (χ2n) is 4.05. The maximum Gasteiger partial charge on any atom is 0.281 e. The van der Waals surface area contributed by atoms with Gasteiger partial charge in [-0.2, -0.15) is 8.42 Å². The molecule has 1 heterocycles. The number of halogens is 1. The van der Waals surface area contributed by atoms with Crippen molar-refractivity contribution in [3.05, 3.63) is 34.4 Å². The van der Waals surface area contributed by atoms with Crippen LogP contribution in [-0.4, -0.2) is 30.5 Å². The lowest BCUT2D eigenvalue weighted by Crippen LogP contribution is -2.17. The second kappa shape index (κ2) is 5.90. The largest absolute Gasteiger partial charge is 0.380 e. The number of ether oxygens (including phenoxy) is 1. The molecule has 1 aromatic heterocycles. The van der Waals surface area contributed by atoms with Gasteiger partial charge in [0.1, 0.15) is 0 Å². The van der Waals surface area contributed by atoms with E-state index in [1.165, 1.54) is 11.7 Å². The predicted molar refractivity (Wildman–Crippen MR) is 76.7 cm³/mol. The number of aryl methyl sites for hydroxylation is 1. The Kier molecular flexibility index (Phi) is 4.41. The third kappa shape index (κ3) is 3.17. The van der Waals surface area contributed by atoms with E-state index in [-0.39, 0.29) is 9.63 Å². The Morgan fingerprint density at radius 1 is 1.45 bits per heavy atom. The Morgan fingerprint density at radius 2 is 2.20 bits per heavy atom. The van der Waals surface area contributed by atoms with E-state index in [0.717, 1.165) is 5.56 Å². The summed E-state index contributed by atoms with van der Waals surface area (Å²) in [5.74, 6) is 0. The number of benzene rings is 1. The zero-order valence-electron chi connectivity index (χ0n) is 10.9. The van der Waals surface area contributed by atoms with E-state index in [2.05, 4.69) is 31.0 Å². The zero-order chi connectivity index (χ0) is 14.8. The standard InChI is InChI=1S/C11H13BrN4O3S/c1-16-11(10(12)13-15-16)20(17,18)14-9-5-3-4-8(6-9)7-19-2/h3-6,14H,7H2,1-2H3. The van der Waals surface area contributed by atoms with E-state index in [1.54, 1.807) is 25.3 Å². The van der Waals surface area contributed by atoms with Crippen molar-refractivity contribution >= 4 is 31.6 Å². The van der Waals surface area contributed by atoms with Crippen LogP contribution in [0.2, 0.25) is 0 Å². The molecule has 0 atom stereocenters. The molecule has 0 spiro atoms. The maximum absolute atomic E-state index is 12.3. The van der Waals surface area contributed by atoms with Crippen molar-refractivity contribution in [3.63, 3.8) is 0 Å². The molecule has 0 aliphatic rings. The quantitative estimate of drug-likeness (QED) is 0.873. The SMILES string of the molecule is COCc1cccc(NS(=O)(=O)c2c(Br)nnn2C)c1. The van der Waals surface area contributed by atoms with Crippen LogP contribution in [0, 0.1) is 0 Å². The lowest BCUT2D eigenvalue weighted by molar-refractivity contribution is 0.185. The number of nitrogens with one attached hydrogen (secondary N) is 1. The van der Waals surface area contributed by atoms with Gasteiger partial charge in [0.2, 0.25) is 5.03 Å². The number of hydrogen-bond donors (Lipinski definition) is 1. The number of rotatable bonds is 5. The van der Waals surface area contributed by atoms with Gasteiger partial charge < -0.3 is 4.74 Å². The van der Waals surface area contributed by atoms with Crippen molar-refractivity contribution in [3.8, 4) is 0 Å². The number of anilines is 1. The minimum absolute atomic E-state index is 0.0327. The van der Waals surface area contributed by atoms with Crippen LogP contribution in [0.3, 0.4) is 0 Å². The summed E-state index contributed by atoms with van der Waals surface area (Å²) >= 11 is 3.07. The topological polar surface area (TPSA) is 86.1 Å². The van der Waals surface area contributed by atoms with Crippen LogP contribution in [0.25, 0.3) is 0 Å². The van der Waals surface area contributed by atoms with Crippen LogP contribution < -0.4 is 4.72 Å². The molecular weight excluding hydrogens is 348 g/mol. The third-order valence-corrected chi connectivity index (χ3v) is 4.75. The summed E-state index contributed by atoms with van der Waals surface area (Å²) < 4.78 is 33.5. The Morgan fingerprint density at radius 3 is 2.80 bits per heavy atom. The summed E-state index contributed by atoms with van der Waals surface area (Å²) in [4.78, 5) is 0. The molecule has 2 rings (SSSR count). The average molecular weight is 361 g/mol. The van der Waals surface area contributed by atoms with Gasteiger partial charge in [-0.1, -0.05) is 17.3 Å². The molecule has 0 unspecified atom stereocenters. The molecule has 108 valence electrons. The normalized spacial score (nSPS) is 11.6. The van der Waals surface area contributed by atoms with Crippen molar-refractivity contribution in [2.45, 2.75) is 11.6 Å². The molecule has 2 aromatic rings. The van der Waals surface area contributed by atoms with Crippen LogP contribution in [0.1, 0.15) is 5.56 Å². The van der Waals surface area contributed by atoms with Gasteiger partial charge in [-0.05, 0) is 33.6 Å². The zero-order valence-corrected chi connectivity index (χ0v) is 13.3.